The first-order valence-electron chi connectivity index (χ1n) is 9.16. The molecule has 1 fully saturated rings. The van der Waals surface area contributed by atoms with Gasteiger partial charge in [0.05, 0.1) is 0 Å². The Morgan fingerprint density at radius 1 is 0.963 bits per heavy atom. The molecule has 1 aliphatic heterocycles. The van der Waals surface area contributed by atoms with Crippen molar-refractivity contribution in [3.05, 3.63) is 54.6 Å². The van der Waals surface area contributed by atoms with Crippen molar-refractivity contribution in [3.63, 3.8) is 0 Å². The van der Waals surface area contributed by atoms with Crippen LogP contribution in [0.25, 0.3) is 0 Å². The van der Waals surface area contributed by atoms with Gasteiger partial charge in [0, 0.05) is 44.5 Å². The molecule has 1 saturated heterocycles. The van der Waals surface area contributed by atoms with Gasteiger partial charge >= 0.3 is 0 Å². The normalized spacial score (nSPS) is 15.2. The van der Waals surface area contributed by atoms with E-state index in [1.165, 1.54) is 12.6 Å². The number of hydrogen-bond donors (Lipinski definition) is 1. The zero-order valence-electron chi connectivity index (χ0n) is 15.7. The summed E-state index contributed by atoms with van der Waals surface area (Å²) in [4.78, 5) is 27.9. The molecule has 1 atom stereocenters. The van der Waals surface area contributed by atoms with E-state index in [0.29, 0.717) is 24.5 Å². The molecule has 6 nitrogen and oxygen atoms in total. The lowest BCUT2D eigenvalue weighted by Crippen LogP contribution is -2.52. The SMILES string of the molecule is CC(=O)Nc1ccc(O[C@@H](C)C(=O)N2CCN(c3ccccc3)CC2)cc1. The molecule has 1 aliphatic rings. The summed E-state index contributed by atoms with van der Waals surface area (Å²) in [6, 6.07) is 17.3. The van der Waals surface area contributed by atoms with Crippen LogP contribution in [0.4, 0.5) is 11.4 Å². The lowest BCUT2D eigenvalue weighted by Gasteiger charge is -2.37. The molecule has 1 N–H and O–H groups in total. The van der Waals surface area contributed by atoms with Crippen LogP contribution < -0.4 is 15.0 Å². The van der Waals surface area contributed by atoms with Crippen LogP contribution in [0.5, 0.6) is 5.75 Å². The van der Waals surface area contributed by atoms with Crippen molar-refractivity contribution >= 4 is 23.2 Å². The summed E-state index contributed by atoms with van der Waals surface area (Å²) in [5.74, 6) is 0.475. The highest BCUT2D eigenvalue weighted by Gasteiger charge is 2.26. The maximum atomic E-state index is 12.7. The highest BCUT2D eigenvalue weighted by atomic mass is 16.5. The summed E-state index contributed by atoms with van der Waals surface area (Å²) in [6.45, 7) is 6.23. The second-order valence-electron chi connectivity index (χ2n) is 6.61. The summed E-state index contributed by atoms with van der Waals surface area (Å²) in [7, 11) is 0. The van der Waals surface area contributed by atoms with Crippen LogP contribution in [0.1, 0.15) is 13.8 Å². The van der Waals surface area contributed by atoms with Gasteiger partial charge in [-0.15, -0.1) is 0 Å². The molecule has 2 aromatic carbocycles. The highest BCUT2D eigenvalue weighted by molar-refractivity contribution is 5.88. The lowest BCUT2D eigenvalue weighted by atomic mass is 10.2. The zero-order chi connectivity index (χ0) is 19.2. The van der Waals surface area contributed by atoms with Gasteiger partial charge in [-0.05, 0) is 43.3 Å². The number of rotatable bonds is 5. The number of nitrogens with zero attached hydrogens (tertiary/aromatic N) is 2. The number of anilines is 2. The monoisotopic (exact) mass is 367 g/mol. The predicted molar refractivity (Wildman–Crippen MR) is 106 cm³/mol. The average molecular weight is 367 g/mol. The fourth-order valence-electron chi connectivity index (χ4n) is 3.16. The van der Waals surface area contributed by atoms with Gasteiger partial charge in [0.1, 0.15) is 5.75 Å². The Kier molecular flexibility index (Phi) is 5.96. The van der Waals surface area contributed by atoms with Crippen LogP contribution >= 0.6 is 0 Å². The van der Waals surface area contributed by atoms with Gasteiger partial charge < -0.3 is 19.9 Å². The molecule has 27 heavy (non-hydrogen) atoms. The number of nitrogens with one attached hydrogen (secondary N) is 1. The van der Waals surface area contributed by atoms with Crippen molar-refractivity contribution < 1.29 is 14.3 Å². The zero-order valence-corrected chi connectivity index (χ0v) is 15.7. The Morgan fingerprint density at radius 3 is 2.19 bits per heavy atom. The standard InChI is InChI=1S/C21H25N3O3/c1-16(27-20-10-8-18(9-11-20)22-17(2)25)21(26)24-14-12-23(13-15-24)19-6-4-3-5-7-19/h3-11,16H,12-15H2,1-2H3,(H,22,25)/t16-/m0/s1. The Bertz CT molecular complexity index is 769. The van der Waals surface area contributed by atoms with Crippen LogP contribution in [-0.4, -0.2) is 49.0 Å². The summed E-state index contributed by atoms with van der Waals surface area (Å²) in [6.07, 6.45) is -0.556. The molecule has 0 radical (unpaired) electrons. The first kappa shape index (κ1) is 18.8. The van der Waals surface area contributed by atoms with Crippen LogP contribution in [0.15, 0.2) is 54.6 Å². The molecule has 0 bridgehead atoms. The largest absolute Gasteiger partial charge is 0.481 e. The summed E-state index contributed by atoms with van der Waals surface area (Å²) < 4.78 is 5.78. The Hall–Kier alpha value is -3.02. The third kappa shape index (κ3) is 5.00. The molecule has 0 spiro atoms. The van der Waals surface area contributed by atoms with Crippen LogP contribution in [0.2, 0.25) is 0 Å². The fourth-order valence-corrected chi connectivity index (χ4v) is 3.16. The smallest absolute Gasteiger partial charge is 0.263 e. The second-order valence-corrected chi connectivity index (χ2v) is 6.61. The van der Waals surface area contributed by atoms with Gasteiger partial charge in [0.2, 0.25) is 5.91 Å². The average Bonchev–Trinajstić information content (AvgIpc) is 2.69. The highest BCUT2D eigenvalue weighted by Crippen LogP contribution is 2.19. The molecule has 1 heterocycles. The van der Waals surface area contributed by atoms with E-state index in [1.807, 2.05) is 23.1 Å². The number of para-hydroxylation sites is 1. The summed E-state index contributed by atoms with van der Waals surface area (Å²) >= 11 is 0. The number of ether oxygens (including phenoxy) is 1. The Labute approximate surface area is 159 Å². The van der Waals surface area contributed by atoms with Crippen molar-refractivity contribution in [1.82, 2.24) is 4.90 Å². The summed E-state index contributed by atoms with van der Waals surface area (Å²) in [5, 5.41) is 2.70. The molecule has 0 aliphatic carbocycles. The van der Waals surface area contributed by atoms with Gasteiger partial charge in [-0.1, -0.05) is 18.2 Å². The summed E-state index contributed by atoms with van der Waals surface area (Å²) in [5.41, 5.74) is 1.89. The van der Waals surface area contributed by atoms with Crippen LogP contribution in [0, 0.1) is 0 Å². The van der Waals surface area contributed by atoms with Gasteiger partial charge in [-0.25, -0.2) is 0 Å². The molecular weight excluding hydrogens is 342 g/mol. The molecular formula is C21H25N3O3. The minimum absolute atomic E-state index is 0.00588. The van der Waals surface area contributed by atoms with Gasteiger partial charge in [-0.3, -0.25) is 9.59 Å². The van der Waals surface area contributed by atoms with E-state index in [4.69, 9.17) is 4.74 Å². The first-order chi connectivity index (χ1) is 13.0. The Balaban J connectivity index is 1.51. The Morgan fingerprint density at radius 2 is 1.59 bits per heavy atom. The molecule has 6 heteroatoms. The maximum Gasteiger partial charge on any atom is 0.263 e. The maximum absolute atomic E-state index is 12.7. The van der Waals surface area contributed by atoms with E-state index in [2.05, 4.69) is 22.3 Å². The number of carbonyl (C=O) groups is 2. The van der Waals surface area contributed by atoms with E-state index < -0.39 is 6.10 Å². The molecule has 0 unspecified atom stereocenters. The number of piperazine rings is 1. The van der Waals surface area contributed by atoms with E-state index in [-0.39, 0.29) is 11.8 Å². The van der Waals surface area contributed by atoms with Crippen molar-refractivity contribution in [1.29, 1.82) is 0 Å². The minimum Gasteiger partial charge on any atom is -0.481 e. The van der Waals surface area contributed by atoms with Crippen molar-refractivity contribution in [2.24, 2.45) is 0 Å². The lowest BCUT2D eigenvalue weighted by molar-refractivity contribution is -0.138. The number of hydrogen-bond acceptors (Lipinski definition) is 4. The van der Waals surface area contributed by atoms with E-state index >= 15 is 0 Å². The van der Waals surface area contributed by atoms with Crippen molar-refractivity contribution in [2.45, 2.75) is 20.0 Å². The minimum atomic E-state index is -0.556. The quantitative estimate of drug-likeness (QED) is 0.883. The van der Waals surface area contributed by atoms with Crippen LogP contribution in [0.3, 0.4) is 0 Å². The van der Waals surface area contributed by atoms with Gasteiger partial charge in [-0.2, -0.15) is 0 Å². The third-order valence-corrected chi connectivity index (χ3v) is 4.55. The van der Waals surface area contributed by atoms with E-state index in [0.717, 1.165) is 13.1 Å². The molecule has 2 amide bonds. The van der Waals surface area contributed by atoms with Crippen molar-refractivity contribution in [2.75, 3.05) is 36.4 Å². The number of amides is 2. The first-order valence-corrected chi connectivity index (χ1v) is 9.16. The van der Waals surface area contributed by atoms with E-state index in [1.54, 1.807) is 31.2 Å². The van der Waals surface area contributed by atoms with Gasteiger partial charge in [0.15, 0.2) is 6.10 Å². The van der Waals surface area contributed by atoms with Crippen molar-refractivity contribution in [3.8, 4) is 5.75 Å². The third-order valence-electron chi connectivity index (χ3n) is 4.55. The predicted octanol–water partition coefficient (Wildman–Crippen LogP) is 2.76. The van der Waals surface area contributed by atoms with Crippen LogP contribution in [-0.2, 0) is 9.59 Å². The van der Waals surface area contributed by atoms with Gasteiger partial charge in [0.25, 0.3) is 5.91 Å². The second kappa shape index (κ2) is 8.58. The molecule has 0 aromatic heterocycles. The molecule has 3 rings (SSSR count). The fraction of sp³-hybridized carbons (Fsp3) is 0.333. The topological polar surface area (TPSA) is 61.9 Å². The molecule has 0 saturated carbocycles. The molecule has 2 aromatic rings. The number of carbonyl (C=O) groups excluding carboxylic acids is 2. The molecule has 142 valence electrons. The number of benzene rings is 2. The van der Waals surface area contributed by atoms with E-state index in [9.17, 15) is 9.59 Å².